The Morgan fingerprint density at radius 1 is 1.50 bits per heavy atom. The first-order chi connectivity index (χ1) is 9.54. The molecule has 4 nitrogen and oxygen atoms in total. The Morgan fingerprint density at radius 2 is 2.25 bits per heavy atom. The summed E-state index contributed by atoms with van der Waals surface area (Å²) in [5.41, 5.74) is 0.429. The molecule has 1 aromatic rings. The second-order valence-corrected chi connectivity index (χ2v) is 5.28. The van der Waals surface area contributed by atoms with Crippen LogP contribution in [0.3, 0.4) is 0 Å². The van der Waals surface area contributed by atoms with Crippen molar-refractivity contribution in [3.8, 4) is 0 Å². The fourth-order valence-electron chi connectivity index (χ4n) is 3.05. The van der Waals surface area contributed by atoms with E-state index in [0.29, 0.717) is 12.0 Å². The fourth-order valence-corrected chi connectivity index (χ4v) is 3.05. The van der Waals surface area contributed by atoms with Crippen LogP contribution in [0.2, 0.25) is 0 Å². The summed E-state index contributed by atoms with van der Waals surface area (Å²) in [6.45, 7) is 2.01. The van der Waals surface area contributed by atoms with Crippen LogP contribution in [0.1, 0.15) is 44.3 Å². The fraction of sp³-hybridized carbons (Fsp3) is 0.533. The van der Waals surface area contributed by atoms with Crippen LogP contribution in [-0.4, -0.2) is 33.3 Å². The number of carbonyl (C=O) groups is 1. The maximum Gasteiger partial charge on any atom is 0.407 e. The molecule has 2 rings (SSSR count). The number of benzene rings is 1. The molecule has 1 saturated heterocycles. The van der Waals surface area contributed by atoms with Gasteiger partial charge in [0.25, 0.3) is 0 Å². The van der Waals surface area contributed by atoms with Crippen LogP contribution in [0.5, 0.6) is 0 Å². The number of hydrogen-bond donors (Lipinski definition) is 2. The number of aliphatic hydroxyl groups excluding tert-OH is 1. The van der Waals surface area contributed by atoms with Crippen LogP contribution in [-0.2, 0) is 0 Å². The first-order valence-corrected chi connectivity index (χ1v) is 6.99. The highest BCUT2D eigenvalue weighted by Crippen LogP contribution is 2.35. The highest BCUT2D eigenvalue weighted by molar-refractivity contribution is 5.66. The molecule has 3 atom stereocenters. The van der Waals surface area contributed by atoms with Crippen molar-refractivity contribution in [3.63, 3.8) is 0 Å². The topological polar surface area (TPSA) is 60.8 Å². The molecule has 1 aromatic carbocycles. The molecule has 0 aliphatic carbocycles. The molecule has 20 heavy (non-hydrogen) atoms. The maximum absolute atomic E-state index is 13.2. The van der Waals surface area contributed by atoms with Gasteiger partial charge < -0.3 is 10.2 Å². The average Bonchev–Trinajstić information content (AvgIpc) is 2.82. The van der Waals surface area contributed by atoms with E-state index in [4.69, 9.17) is 0 Å². The molecule has 1 heterocycles. The second-order valence-electron chi connectivity index (χ2n) is 5.28. The molecule has 0 radical (unpaired) electrons. The Morgan fingerprint density at radius 3 is 2.85 bits per heavy atom. The molecule has 1 fully saturated rings. The molecule has 0 bridgehead atoms. The van der Waals surface area contributed by atoms with Gasteiger partial charge in [-0.25, -0.2) is 9.18 Å². The molecular weight excluding hydrogens is 261 g/mol. The van der Waals surface area contributed by atoms with Gasteiger partial charge in [-0.2, -0.15) is 0 Å². The van der Waals surface area contributed by atoms with Crippen molar-refractivity contribution in [2.75, 3.05) is 0 Å². The van der Waals surface area contributed by atoms with E-state index in [1.807, 2.05) is 6.92 Å². The molecule has 0 aromatic heterocycles. The van der Waals surface area contributed by atoms with E-state index >= 15 is 0 Å². The number of aliphatic hydroxyl groups is 1. The first kappa shape index (κ1) is 14.8. The number of rotatable bonds is 4. The van der Waals surface area contributed by atoms with Gasteiger partial charge in [0, 0.05) is 6.04 Å². The Balaban J connectivity index is 2.20. The standard InChI is InChI=1S/C15H20FNO3/c1-2-4-12-7-8-13(17(12)15(19)20)14(18)10-5-3-6-11(16)9-10/h3,5-6,9,12-14,18H,2,4,7-8H2,1H3,(H,19,20)/t12-,13-,14+/m0/s1. The second kappa shape index (κ2) is 6.22. The third-order valence-corrected chi connectivity index (χ3v) is 3.94. The van der Waals surface area contributed by atoms with Crippen molar-refractivity contribution in [2.45, 2.75) is 50.8 Å². The quantitative estimate of drug-likeness (QED) is 0.891. The number of halogens is 1. The lowest BCUT2D eigenvalue weighted by Crippen LogP contribution is -2.43. The Hall–Kier alpha value is -1.62. The zero-order chi connectivity index (χ0) is 14.7. The van der Waals surface area contributed by atoms with Gasteiger partial charge >= 0.3 is 6.09 Å². The van der Waals surface area contributed by atoms with Crippen molar-refractivity contribution in [1.29, 1.82) is 0 Å². The summed E-state index contributed by atoms with van der Waals surface area (Å²) in [7, 11) is 0. The predicted octanol–water partition coefficient (Wildman–Crippen LogP) is 3.17. The van der Waals surface area contributed by atoms with Crippen LogP contribution >= 0.6 is 0 Å². The smallest absolute Gasteiger partial charge is 0.407 e. The average molecular weight is 281 g/mol. The molecule has 0 unspecified atom stereocenters. The number of carboxylic acid groups (broad SMARTS) is 1. The molecule has 1 aliphatic rings. The third-order valence-electron chi connectivity index (χ3n) is 3.94. The third kappa shape index (κ3) is 2.93. The van der Waals surface area contributed by atoms with Crippen LogP contribution in [0.25, 0.3) is 0 Å². The van der Waals surface area contributed by atoms with Gasteiger partial charge in [-0.1, -0.05) is 25.5 Å². The van der Waals surface area contributed by atoms with E-state index in [2.05, 4.69) is 0 Å². The van der Waals surface area contributed by atoms with E-state index in [0.717, 1.165) is 19.3 Å². The van der Waals surface area contributed by atoms with Gasteiger partial charge in [-0.15, -0.1) is 0 Å². The Kier molecular flexibility index (Phi) is 4.60. The van der Waals surface area contributed by atoms with Gasteiger partial charge in [0.1, 0.15) is 5.82 Å². The van der Waals surface area contributed by atoms with Crippen LogP contribution in [0, 0.1) is 5.82 Å². The lowest BCUT2D eigenvalue weighted by molar-refractivity contribution is 0.0525. The minimum Gasteiger partial charge on any atom is -0.465 e. The van der Waals surface area contributed by atoms with Crippen molar-refractivity contribution in [1.82, 2.24) is 4.90 Å². The van der Waals surface area contributed by atoms with Gasteiger partial charge in [0.15, 0.2) is 0 Å². The first-order valence-electron chi connectivity index (χ1n) is 6.99. The maximum atomic E-state index is 13.2. The van der Waals surface area contributed by atoms with E-state index in [9.17, 15) is 19.4 Å². The van der Waals surface area contributed by atoms with E-state index < -0.39 is 24.1 Å². The van der Waals surface area contributed by atoms with Crippen LogP contribution in [0.4, 0.5) is 9.18 Å². The predicted molar refractivity (Wildman–Crippen MR) is 72.9 cm³/mol. The monoisotopic (exact) mass is 281 g/mol. The highest BCUT2D eigenvalue weighted by atomic mass is 19.1. The van der Waals surface area contributed by atoms with Gasteiger partial charge in [-0.3, -0.25) is 4.90 Å². The summed E-state index contributed by atoms with van der Waals surface area (Å²) >= 11 is 0. The molecular formula is C15H20FNO3. The summed E-state index contributed by atoms with van der Waals surface area (Å²) < 4.78 is 13.2. The minimum atomic E-state index is -1.01. The largest absolute Gasteiger partial charge is 0.465 e. The highest BCUT2D eigenvalue weighted by Gasteiger charge is 2.40. The van der Waals surface area contributed by atoms with E-state index in [1.54, 1.807) is 6.07 Å². The molecule has 0 saturated carbocycles. The van der Waals surface area contributed by atoms with Crippen molar-refractivity contribution < 1.29 is 19.4 Å². The molecule has 5 heteroatoms. The number of likely N-dealkylation sites (tertiary alicyclic amines) is 1. The minimum absolute atomic E-state index is 0.0503. The van der Waals surface area contributed by atoms with Gasteiger partial charge in [0.2, 0.25) is 0 Å². The van der Waals surface area contributed by atoms with Crippen molar-refractivity contribution in [2.24, 2.45) is 0 Å². The van der Waals surface area contributed by atoms with Crippen molar-refractivity contribution >= 4 is 6.09 Å². The van der Waals surface area contributed by atoms with E-state index in [1.165, 1.54) is 23.1 Å². The van der Waals surface area contributed by atoms with Gasteiger partial charge in [-0.05, 0) is 37.0 Å². The zero-order valence-electron chi connectivity index (χ0n) is 11.5. The SMILES string of the molecule is CCC[C@H]1CC[C@@H]([C@H](O)c2cccc(F)c2)N1C(=O)O. The number of nitrogens with zero attached hydrogens (tertiary/aromatic N) is 1. The molecule has 1 amide bonds. The van der Waals surface area contributed by atoms with Crippen molar-refractivity contribution in [3.05, 3.63) is 35.6 Å². The summed E-state index contributed by atoms with van der Waals surface area (Å²) in [6.07, 6.45) is 1.05. The molecule has 2 N–H and O–H groups in total. The normalized spacial score (nSPS) is 23.9. The van der Waals surface area contributed by atoms with Crippen LogP contribution in [0.15, 0.2) is 24.3 Å². The van der Waals surface area contributed by atoms with E-state index in [-0.39, 0.29) is 6.04 Å². The summed E-state index contributed by atoms with van der Waals surface area (Å²) in [5, 5.41) is 19.8. The number of amides is 1. The lowest BCUT2D eigenvalue weighted by Gasteiger charge is -2.30. The molecule has 110 valence electrons. The summed E-state index contributed by atoms with van der Waals surface area (Å²) in [4.78, 5) is 12.8. The summed E-state index contributed by atoms with van der Waals surface area (Å²) in [6, 6.07) is 5.17. The van der Waals surface area contributed by atoms with Crippen LogP contribution < -0.4 is 0 Å². The molecule has 1 aliphatic heterocycles. The Labute approximate surface area is 117 Å². The molecule has 0 spiro atoms. The zero-order valence-corrected chi connectivity index (χ0v) is 11.5. The lowest BCUT2D eigenvalue weighted by atomic mass is 10.0. The van der Waals surface area contributed by atoms with Gasteiger partial charge in [0.05, 0.1) is 12.1 Å². The Bertz CT molecular complexity index is 480. The summed E-state index contributed by atoms with van der Waals surface area (Å²) in [5.74, 6) is -0.425. The number of hydrogen-bond acceptors (Lipinski definition) is 2.